The van der Waals surface area contributed by atoms with Gasteiger partial charge in [0.15, 0.2) is 0 Å². The van der Waals surface area contributed by atoms with Gasteiger partial charge in [-0.15, -0.1) is 0 Å². The molecule has 10 heteroatoms. The Balaban J connectivity index is 1.55. The molecule has 2 aliphatic carbocycles. The summed E-state index contributed by atoms with van der Waals surface area (Å²) in [6.45, 7) is 0.943. The minimum absolute atomic E-state index is 0.0333. The number of halogens is 3. The number of fused-ring (bicyclic) bond motifs is 1. The Morgan fingerprint density at radius 1 is 1.10 bits per heavy atom. The highest BCUT2D eigenvalue weighted by Crippen LogP contribution is 2.53. The summed E-state index contributed by atoms with van der Waals surface area (Å²) >= 11 is 0. The van der Waals surface area contributed by atoms with E-state index in [-0.39, 0.29) is 17.2 Å². The first-order valence-electron chi connectivity index (χ1n) is 10.6. The molecule has 1 saturated carbocycles. The predicted octanol–water partition coefficient (Wildman–Crippen LogP) is 4.39. The van der Waals surface area contributed by atoms with E-state index in [2.05, 4.69) is 19.5 Å². The Morgan fingerprint density at radius 3 is 2.52 bits per heavy atom. The zero-order chi connectivity index (χ0) is 21.9. The molecule has 0 bridgehead atoms. The standard InChI is InChI=1S/C21H24F3N3O3S/c22-21(23,24)31(28,29)30-18-6-5-13(14-10-20(11-15(14)18)7-1-2-8-20)17-12-26-19(27-17)16-4-3-9-25-16/h5-6,12,16,25H,1-4,7-11H2,(H,26,27)/t16-/m0/s1. The topological polar surface area (TPSA) is 84.1 Å². The van der Waals surface area contributed by atoms with Gasteiger partial charge in [0, 0.05) is 11.1 Å². The average molecular weight is 456 g/mol. The van der Waals surface area contributed by atoms with Crippen LogP contribution in [0.4, 0.5) is 13.2 Å². The monoisotopic (exact) mass is 455 g/mol. The SMILES string of the molecule is O=S(=O)(Oc1ccc(-c2cnc([C@@H]3CCCN3)[nH]2)c2c1CC1(CCCC1)C2)C(F)(F)F. The number of aromatic nitrogens is 2. The van der Waals surface area contributed by atoms with Crippen LogP contribution >= 0.6 is 0 Å². The van der Waals surface area contributed by atoms with Crippen molar-refractivity contribution in [2.24, 2.45) is 5.41 Å². The normalized spacial score (nSPS) is 22.9. The van der Waals surface area contributed by atoms with E-state index in [0.29, 0.717) is 18.4 Å². The maximum absolute atomic E-state index is 12.9. The molecule has 6 nitrogen and oxygen atoms in total. The third-order valence-corrected chi connectivity index (χ3v) is 7.88. The molecule has 1 aromatic heterocycles. The Kier molecular flexibility index (Phi) is 4.85. The molecule has 1 aliphatic heterocycles. The van der Waals surface area contributed by atoms with Crippen molar-refractivity contribution in [3.8, 4) is 17.0 Å². The van der Waals surface area contributed by atoms with Crippen molar-refractivity contribution < 1.29 is 25.8 Å². The van der Waals surface area contributed by atoms with Crippen molar-refractivity contribution in [1.82, 2.24) is 15.3 Å². The Bertz CT molecular complexity index is 1100. The summed E-state index contributed by atoms with van der Waals surface area (Å²) in [5.74, 6) is 0.631. The summed E-state index contributed by atoms with van der Waals surface area (Å²) in [6, 6.07) is 3.16. The summed E-state index contributed by atoms with van der Waals surface area (Å²) in [7, 11) is -5.72. The molecule has 2 heterocycles. The molecule has 2 aromatic rings. The van der Waals surface area contributed by atoms with Crippen LogP contribution < -0.4 is 9.50 Å². The second-order valence-electron chi connectivity index (χ2n) is 8.94. The molecule has 1 aromatic carbocycles. The predicted molar refractivity (Wildman–Crippen MR) is 108 cm³/mol. The summed E-state index contributed by atoms with van der Waals surface area (Å²) in [6.07, 6.45) is 9.16. The maximum atomic E-state index is 12.9. The summed E-state index contributed by atoms with van der Waals surface area (Å²) in [5.41, 5.74) is -2.41. The van der Waals surface area contributed by atoms with Gasteiger partial charge < -0.3 is 14.5 Å². The number of hydrogen-bond acceptors (Lipinski definition) is 5. The van der Waals surface area contributed by atoms with Gasteiger partial charge in [-0.1, -0.05) is 12.8 Å². The molecule has 31 heavy (non-hydrogen) atoms. The second-order valence-corrected chi connectivity index (χ2v) is 10.5. The highest BCUT2D eigenvalue weighted by atomic mass is 32.2. The molecular formula is C21H24F3N3O3S. The third kappa shape index (κ3) is 3.63. The summed E-state index contributed by atoms with van der Waals surface area (Å²) in [4.78, 5) is 7.87. The molecule has 1 saturated heterocycles. The molecule has 2 fully saturated rings. The van der Waals surface area contributed by atoms with Gasteiger partial charge in [-0.05, 0) is 68.2 Å². The Labute approximate surface area is 178 Å². The first-order chi connectivity index (χ1) is 14.7. The van der Waals surface area contributed by atoms with E-state index in [1.54, 1.807) is 12.3 Å². The van der Waals surface area contributed by atoms with Gasteiger partial charge in [0.2, 0.25) is 0 Å². The minimum atomic E-state index is -5.72. The van der Waals surface area contributed by atoms with Crippen LogP contribution in [0.1, 0.15) is 61.5 Å². The van der Waals surface area contributed by atoms with Gasteiger partial charge >= 0.3 is 15.6 Å². The Morgan fingerprint density at radius 2 is 1.84 bits per heavy atom. The first kappa shape index (κ1) is 20.8. The number of rotatable bonds is 4. The van der Waals surface area contributed by atoms with Crippen molar-refractivity contribution in [1.29, 1.82) is 0 Å². The van der Waals surface area contributed by atoms with E-state index in [0.717, 1.165) is 67.7 Å². The fourth-order valence-electron chi connectivity index (χ4n) is 5.42. The van der Waals surface area contributed by atoms with Crippen molar-refractivity contribution in [3.05, 3.63) is 35.3 Å². The van der Waals surface area contributed by atoms with Crippen molar-refractivity contribution >= 4 is 10.1 Å². The van der Waals surface area contributed by atoms with Crippen LogP contribution in [0.3, 0.4) is 0 Å². The van der Waals surface area contributed by atoms with Crippen LogP contribution in [0, 0.1) is 5.41 Å². The fourth-order valence-corrected chi connectivity index (χ4v) is 5.91. The van der Waals surface area contributed by atoms with Gasteiger partial charge in [-0.25, -0.2) is 4.98 Å². The molecule has 2 N–H and O–H groups in total. The van der Waals surface area contributed by atoms with Crippen molar-refractivity contribution in [2.45, 2.75) is 62.9 Å². The molecule has 168 valence electrons. The molecular weight excluding hydrogens is 431 g/mol. The molecule has 0 radical (unpaired) electrons. The van der Waals surface area contributed by atoms with Gasteiger partial charge in [-0.3, -0.25) is 0 Å². The van der Waals surface area contributed by atoms with Crippen LogP contribution in [0.25, 0.3) is 11.3 Å². The van der Waals surface area contributed by atoms with Crippen molar-refractivity contribution in [3.63, 3.8) is 0 Å². The lowest BCUT2D eigenvalue weighted by Crippen LogP contribution is -2.28. The Hall–Kier alpha value is -2.07. The summed E-state index contributed by atoms with van der Waals surface area (Å²) < 4.78 is 66.7. The van der Waals surface area contributed by atoms with Crippen LogP contribution in [0.2, 0.25) is 0 Å². The van der Waals surface area contributed by atoms with E-state index >= 15 is 0 Å². The van der Waals surface area contributed by atoms with Gasteiger partial charge in [-0.2, -0.15) is 21.6 Å². The number of alkyl halides is 3. The fraction of sp³-hybridized carbons (Fsp3) is 0.571. The molecule has 0 unspecified atom stereocenters. The molecule has 0 amide bonds. The van der Waals surface area contributed by atoms with E-state index in [1.807, 2.05) is 0 Å². The van der Waals surface area contributed by atoms with Gasteiger partial charge in [0.1, 0.15) is 11.6 Å². The number of nitrogens with one attached hydrogen (secondary N) is 2. The number of benzene rings is 1. The quantitative estimate of drug-likeness (QED) is 0.528. The number of imidazole rings is 1. The zero-order valence-electron chi connectivity index (χ0n) is 16.9. The van der Waals surface area contributed by atoms with Crippen LogP contribution in [-0.2, 0) is 23.0 Å². The largest absolute Gasteiger partial charge is 0.534 e. The second kappa shape index (κ2) is 7.23. The van der Waals surface area contributed by atoms with Crippen LogP contribution in [0.5, 0.6) is 5.75 Å². The molecule has 1 atom stereocenters. The van der Waals surface area contributed by atoms with E-state index < -0.39 is 15.6 Å². The van der Waals surface area contributed by atoms with Crippen LogP contribution in [0.15, 0.2) is 18.3 Å². The molecule has 5 rings (SSSR count). The highest BCUT2D eigenvalue weighted by molar-refractivity contribution is 7.88. The average Bonchev–Trinajstić information content (AvgIpc) is 3.49. The van der Waals surface area contributed by atoms with Gasteiger partial charge in [0.05, 0.1) is 17.9 Å². The van der Waals surface area contributed by atoms with E-state index in [1.165, 1.54) is 6.07 Å². The molecule has 1 spiro atoms. The minimum Gasteiger partial charge on any atom is -0.376 e. The molecule has 3 aliphatic rings. The summed E-state index contributed by atoms with van der Waals surface area (Å²) in [5, 5.41) is 3.39. The van der Waals surface area contributed by atoms with E-state index in [9.17, 15) is 21.6 Å². The third-order valence-electron chi connectivity index (χ3n) is 6.91. The lowest BCUT2D eigenvalue weighted by molar-refractivity contribution is -0.0500. The lowest BCUT2D eigenvalue weighted by Gasteiger charge is -2.21. The van der Waals surface area contributed by atoms with Gasteiger partial charge in [0.25, 0.3) is 0 Å². The lowest BCUT2D eigenvalue weighted by atomic mass is 9.83. The first-order valence-corrected chi connectivity index (χ1v) is 12.0. The smallest absolute Gasteiger partial charge is 0.376 e. The van der Waals surface area contributed by atoms with Crippen molar-refractivity contribution in [2.75, 3.05) is 6.54 Å². The number of aromatic amines is 1. The number of nitrogens with zero attached hydrogens (tertiary/aromatic N) is 1. The van der Waals surface area contributed by atoms with Crippen LogP contribution in [-0.4, -0.2) is 30.4 Å². The maximum Gasteiger partial charge on any atom is 0.534 e. The zero-order valence-corrected chi connectivity index (χ0v) is 17.7. The highest BCUT2D eigenvalue weighted by Gasteiger charge is 2.50. The van der Waals surface area contributed by atoms with E-state index in [4.69, 9.17) is 0 Å². The number of H-pyrrole nitrogens is 1. The number of hydrogen-bond donors (Lipinski definition) is 2.